The molecule has 12 heterocycles. The van der Waals surface area contributed by atoms with E-state index in [4.69, 9.17) is 42.4 Å². The van der Waals surface area contributed by atoms with Gasteiger partial charge in [0.1, 0.15) is 47.2 Å². The summed E-state index contributed by atoms with van der Waals surface area (Å²) in [6, 6.07) is 43.8. The normalized spacial score (nSPS) is 17.6. The first kappa shape index (κ1) is 100. The Bertz CT molecular complexity index is 6040. The van der Waals surface area contributed by atoms with E-state index in [1.54, 1.807) is 89.2 Å². The summed E-state index contributed by atoms with van der Waals surface area (Å²) >= 11 is 0. The van der Waals surface area contributed by atoms with E-state index in [-0.39, 0.29) is 107 Å². The Hall–Kier alpha value is -13.9. The van der Waals surface area contributed by atoms with Gasteiger partial charge in [-0.2, -0.15) is 0 Å². The fourth-order valence-electron chi connectivity index (χ4n) is 21.0. The van der Waals surface area contributed by atoms with Crippen LogP contribution in [0.1, 0.15) is 224 Å². The van der Waals surface area contributed by atoms with Gasteiger partial charge in [0.25, 0.3) is 23.6 Å². The number of likely N-dealkylation sites (N-methyl/N-ethyl adjacent to an activating group) is 4. The first-order chi connectivity index (χ1) is 68.3. The molecule has 10 aromatic rings. The van der Waals surface area contributed by atoms with Crippen molar-refractivity contribution in [2.45, 2.75) is 211 Å². The minimum Gasteiger partial charge on any atom is -0.451 e. The van der Waals surface area contributed by atoms with Crippen LogP contribution in [0.15, 0.2) is 208 Å². The quantitative estimate of drug-likeness (QED) is 0.0226. The van der Waals surface area contributed by atoms with Crippen molar-refractivity contribution in [1.29, 1.82) is 0 Å². The van der Waals surface area contributed by atoms with Gasteiger partial charge >= 0.3 is 0 Å². The van der Waals surface area contributed by atoms with Gasteiger partial charge in [-0.05, 0) is 254 Å². The maximum Gasteiger partial charge on any atom is 0.287 e. The van der Waals surface area contributed by atoms with E-state index in [1.165, 1.54) is 42.5 Å². The van der Waals surface area contributed by atoms with Crippen molar-refractivity contribution in [3.63, 3.8) is 0 Å². The molecule has 4 saturated carbocycles. The number of pyridine rings is 2. The molecule has 10 aliphatic rings. The zero-order valence-electron chi connectivity index (χ0n) is 80.3. The van der Waals surface area contributed by atoms with Crippen molar-refractivity contribution in [3.8, 4) is 45.3 Å². The minimum absolute atomic E-state index is 0. The molecule has 2 saturated heterocycles. The number of ether oxygens (including phenoxy) is 1. The third-order valence-electron chi connectivity index (χ3n) is 28.6. The highest BCUT2D eigenvalue weighted by Gasteiger charge is 2.38. The lowest BCUT2D eigenvalue weighted by Gasteiger charge is -2.29. The summed E-state index contributed by atoms with van der Waals surface area (Å²) in [5, 5.41) is 22.5. The molecule has 141 heavy (non-hydrogen) atoms. The second-order valence-electron chi connectivity index (χ2n) is 38.2. The lowest BCUT2D eigenvalue weighted by molar-refractivity contribution is -0.127. The Balaban J connectivity index is 0.000000135. The van der Waals surface area contributed by atoms with E-state index in [1.807, 2.05) is 90.0 Å². The van der Waals surface area contributed by atoms with Gasteiger partial charge in [-0.15, -0.1) is 0 Å². The Kier molecular flexibility index (Phi) is 34.0. The number of fused-ring (bicyclic) bond motifs is 4. The van der Waals surface area contributed by atoms with Crippen molar-refractivity contribution >= 4 is 98.8 Å². The van der Waals surface area contributed by atoms with Crippen molar-refractivity contribution < 1.29 is 65.6 Å². The number of carbonyl (C=O) groups excluding carboxylic acids is 9. The van der Waals surface area contributed by atoms with Crippen LogP contribution in [0.25, 0.3) is 45.3 Å². The number of rotatable bonds is 28. The molecule has 8 N–H and O–H groups in total. The average Bonchev–Trinajstić information content (AvgIpc) is 1.67. The average molecular weight is 1910 g/mol. The Morgan fingerprint density at radius 1 is 0.355 bits per heavy atom. The smallest absolute Gasteiger partial charge is 0.287 e. The maximum atomic E-state index is 13.0. The Labute approximate surface area is 823 Å². The monoisotopic (exact) mass is 1910 g/mol. The van der Waals surface area contributed by atoms with Gasteiger partial charge in [-0.25, -0.2) is 0 Å². The molecule has 4 aromatic carbocycles. The summed E-state index contributed by atoms with van der Waals surface area (Å²) < 4.78 is 29.1. The second kappa shape index (κ2) is 47.9. The number of nitrogens with zero attached hydrogens (tertiary/aromatic N) is 8. The molecule has 6 fully saturated rings. The van der Waals surface area contributed by atoms with Gasteiger partial charge in [0, 0.05) is 169 Å². The number of hydrogen-bond acceptors (Lipinski definition) is 21. The van der Waals surface area contributed by atoms with Crippen LogP contribution in [0.2, 0.25) is 0 Å². The number of morpholine rings is 1. The highest BCUT2D eigenvalue weighted by atomic mass is 16.5. The Morgan fingerprint density at radius 2 is 0.681 bits per heavy atom. The summed E-state index contributed by atoms with van der Waals surface area (Å²) in [7, 11) is 6.42. The molecule has 4 atom stereocenters. The minimum atomic E-state index is -0.556. The van der Waals surface area contributed by atoms with Gasteiger partial charge in [-0.1, -0.05) is 90.5 Å². The maximum absolute atomic E-state index is 13.0. The van der Waals surface area contributed by atoms with Crippen LogP contribution in [0.3, 0.4) is 0 Å². The van der Waals surface area contributed by atoms with Crippen LogP contribution < -0.4 is 42.5 Å². The zero-order valence-corrected chi connectivity index (χ0v) is 80.3. The molecular weight excluding hydrogens is 1780 g/mol. The van der Waals surface area contributed by atoms with Crippen molar-refractivity contribution in [1.82, 2.24) is 62.3 Å². The van der Waals surface area contributed by atoms with E-state index < -0.39 is 24.2 Å². The second-order valence-corrected chi connectivity index (χ2v) is 38.2. The molecule has 30 nitrogen and oxygen atoms in total. The van der Waals surface area contributed by atoms with Crippen LogP contribution in [-0.4, -0.2) is 194 Å². The zero-order chi connectivity index (χ0) is 97.0. The predicted molar refractivity (Wildman–Crippen MR) is 543 cm³/mol. The molecule has 738 valence electrons. The largest absolute Gasteiger partial charge is 0.451 e. The number of aliphatic imine (C=N–C) groups is 4. The molecule has 0 spiro atoms. The molecule has 6 aromatic heterocycles. The lowest BCUT2D eigenvalue weighted by Crippen LogP contribution is -2.50. The SMILES string of the molecule is C.CNC(=O)[C@@H](NC(=O)c1ccc(-c2ccc3c(c2)CC(CN2CCCC2=O)=N3)o1)C1CCCCC1.CNC(=O)[C@@H](NC(=O)c1ccc(-c2ccc3c(c2)CC(CN2CCOCC2)=N3)o1)C1CCCCC1.CNC(=O)[C@@H](NC(=O)c1ccc(-c2ccc3c(c2)CC(Cc2cccnc2)=N3)o1)C1CCCCC1.CNC(=O)[C@@H](NC(=O)c1ccc(-c2ccc3c(c2)CC(Cc2ccncc2)=N3)o1)C1CCCCC1. The van der Waals surface area contributed by atoms with Gasteiger partial charge in [0.05, 0.1) is 42.5 Å². The highest BCUT2D eigenvalue weighted by Crippen LogP contribution is 2.40. The fraction of sp³-hybridized carbons (Fsp3) is 0.432. The highest BCUT2D eigenvalue weighted by molar-refractivity contribution is 6.02. The first-order valence-corrected chi connectivity index (χ1v) is 50.0. The summed E-state index contributed by atoms with van der Waals surface area (Å²) in [4.78, 5) is 145. The number of nitrogens with one attached hydrogen (secondary N) is 8. The van der Waals surface area contributed by atoms with Crippen LogP contribution in [0, 0.1) is 23.7 Å². The van der Waals surface area contributed by atoms with Gasteiger partial charge in [-0.3, -0.25) is 78.0 Å². The van der Waals surface area contributed by atoms with Crippen LogP contribution in [-0.2, 0) is 67.2 Å². The molecule has 9 amide bonds. The summed E-state index contributed by atoms with van der Waals surface area (Å²) in [5.74, 6) is 2.02. The first-order valence-electron chi connectivity index (χ1n) is 50.0. The molecule has 0 radical (unpaired) electrons. The van der Waals surface area contributed by atoms with E-state index in [9.17, 15) is 43.2 Å². The number of likely N-dealkylation sites (tertiary alicyclic amines) is 1. The van der Waals surface area contributed by atoms with Crippen molar-refractivity contribution in [3.05, 3.63) is 227 Å². The van der Waals surface area contributed by atoms with Crippen LogP contribution in [0.4, 0.5) is 22.7 Å². The van der Waals surface area contributed by atoms with E-state index in [2.05, 4.69) is 81.7 Å². The molecule has 0 bridgehead atoms. The Morgan fingerprint density at radius 3 is 1.00 bits per heavy atom. The number of furan rings is 4. The molecule has 6 aliphatic heterocycles. The lowest BCUT2D eigenvalue weighted by atomic mass is 9.83. The summed E-state index contributed by atoms with van der Waals surface area (Å²) in [6.07, 6.45) is 34.4. The summed E-state index contributed by atoms with van der Waals surface area (Å²) in [5.41, 5.74) is 18.7. The van der Waals surface area contributed by atoms with Crippen LogP contribution in [0.5, 0.6) is 0 Å². The predicted octanol–water partition coefficient (Wildman–Crippen LogP) is 16.9. The molecule has 4 aliphatic carbocycles. The van der Waals surface area contributed by atoms with Crippen molar-refractivity contribution in [2.75, 3.05) is 74.1 Å². The fourth-order valence-corrected chi connectivity index (χ4v) is 21.0. The van der Waals surface area contributed by atoms with Crippen LogP contribution >= 0.6 is 0 Å². The van der Waals surface area contributed by atoms with E-state index in [0.717, 1.165) is 265 Å². The molecule has 0 unspecified atom stereocenters. The van der Waals surface area contributed by atoms with Crippen molar-refractivity contribution in [2.24, 2.45) is 43.6 Å². The number of benzene rings is 4. The molecule has 30 heteroatoms. The molecule has 20 rings (SSSR count). The van der Waals surface area contributed by atoms with Gasteiger partial charge in [0.15, 0.2) is 23.0 Å². The number of aromatic nitrogens is 2. The van der Waals surface area contributed by atoms with Gasteiger partial charge < -0.3 is 69.8 Å². The van der Waals surface area contributed by atoms with Gasteiger partial charge in [0.2, 0.25) is 29.5 Å². The topological polar surface area (TPSA) is 393 Å². The standard InChI is InChI=1S/2C28H30N4O3.C27H32N4O4.C27H34N4O4.CH4/c1-29-28(34)26(19-7-3-2-4-8-19)32-27(33)25-12-11-24(35-25)20-9-10-23-21(15-20)16-22(31-23)14-18-6-5-13-30-17-18;1-29-28(34)26(19-5-3-2-4-6-19)32-27(33)25-10-9-24(35-25)20-7-8-23-21(16-20)17-22(31-23)15-18-11-13-30-14-12-18;1-28-27(34)25(17-6-3-2-4-7-17)30-26(33)23-12-11-22(35-23)18-9-10-21-19(14-18)15-20(29-21)16-31-13-5-8-24(31)32;1-28-27(33)25(18-5-3-2-4-6-18)30-26(32)24-10-9-23(35-24)19-7-8-22-20(15-19)16-21(29-22)17-31-11-13-34-14-12-31;/h5-6,9-13,15,17,19,26H,2-4,7-8,14,16H2,1H3,(H,29,34)(H,32,33);7-14,16,19,26H,2-6,15,17H2,1H3,(H,29,34)(H,32,33);9-12,14,17,25H,2-8,13,15-16H2,1H3,(H,28,34)(H,30,33);7-10,15,18,25H,2-6,11-14,16-17H2,1H3,(H,28,33)(H,30,32);1H4/t2*26-;2*25-;/m0000./s1. The summed E-state index contributed by atoms with van der Waals surface area (Å²) in [6.45, 7) is 5.71. The third kappa shape index (κ3) is 25.5. The third-order valence-corrected chi connectivity index (χ3v) is 28.6. The van der Waals surface area contributed by atoms with E-state index in [0.29, 0.717) is 42.4 Å². The number of amides is 9. The van der Waals surface area contributed by atoms with E-state index >= 15 is 0 Å². The number of carbonyl (C=O) groups is 9. The number of hydrogen-bond donors (Lipinski definition) is 8. The molecular formula is C111H130N16O14.